The number of esters is 1. The molecule has 0 bridgehead atoms. The molecule has 1 unspecified atom stereocenters. The zero-order valence-corrected chi connectivity index (χ0v) is 9.16. The molecule has 0 aliphatic rings. The van der Waals surface area contributed by atoms with E-state index >= 15 is 0 Å². The summed E-state index contributed by atoms with van der Waals surface area (Å²) in [6.45, 7) is 6.18. The SMILES string of the molecule is CCOC(C)C[C@H](CO)COC(C)=O. The minimum atomic E-state index is -0.312. The molecule has 0 rings (SSSR count). The Morgan fingerprint density at radius 2 is 2.14 bits per heavy atom. The fourth-order valence-electron chi connectivity index (χ4n) is 1.25. The Morgan fingerprint density at radius 1 is 1.50 bits per heavy atom. The van der Waals surface area contributed by atoms with Gasteiger partial charge in [0.05, 0.1) is 12.7 Å². The van der Waals surface area contributed by atoms with Crippen LogP contribution in [-0.2, 0) is 14.3 Å². The summed E-state index contributed by atoms with van der Waals surface area (Å²) in [4.78, 5) is 10.5. The maximum Gasteiger partial charge on any atom is 0.302 e. The van der Waals surface area contributed by atoms with E-state index in [4.69, 9.17) is 14.6 Å². The number of rotatable bonds is 7. The Hall–Kier alpha value is -0.610. The third-order valence-corrected chi connectivity index (χ3v) is 1.90. The molecule has 0 aliphatic carbocycles. The van der Waals surface area contributed by atoms with Gasteiger partial charge in [0.1, 0.15) is 0 Å². The normalized spacial score (nSPS) is 14.9. The summed E-state index contributed by atoms with van der Waals surface area (Å²) >= 11 is 0. The fourth-order valence-corrected chi connectivity index (χ4v) is 1.25. The minimum absolute atomic E-state index is 0.0185. The molecule has 4 nitrogen and oxygen atoms in total. The summed E-state index contributed by atoms with van der Waals surface area (Å²) in [6, 6.07) is 0. The smallest absolute Gasteiger partial charge is 0.302 e. The van der Waals surface area contributed by atoms with Gasteiger partial charge in [-0.1, -0.05) is 0 Å². The first-order chi connectivity index (χ1) is 6.60. The van der Waals surface area contributed by atoms with Crippen molar-refractivity contribution in [1.82, 2.24) is 0 Å². The molecule has 1 N–H and O–H groups in total. The minimum Gasteiger partial charge on any atom is -0.465 e. The first-order valence-corrected chi connectivity index (χ1v) is 4.95. The molecule has 0 aromatic rings. The zero-order valence-electron chi connectivity index (χ0n) is 9.16. The molecule has 0 aliphatic heterocycles. The van der Waals surface area contributed by atoms with Crippen molar-refractivity contribution in [2.24, 2.45) is 5.92 Å². The maximum atomic E-state index is 10.5. The van der Waals surface area contributed by atoms with Crippen LogP contribution in [0.25, 0.3) is 0 Å². The Bertz CT molecular complexity index is 158. The van der Waals surface area contributed by atoms with Gasteiger partial charge in [0.15, 0.2) is 0 Å². The first kappa shape index (κ1) is 13.4. The van der Waals surface area contributed by atoms with Crippen molar-refractivity contribution in [3.63, 3.8) is 0 Å². The topological polar surface area (TPSA) is 55.8 Å². The second kappa shape index (κ2) is 7.76. The van der Waals surface area contributed by atoms with Gasteiger partial charge in [-0.05, 0) is 20.3 Å². The largest absolute Gasteiger partial charge is 0.465 e. The first-order valence-electron chi connectivity index (χ1n) is 4.95. The molecule has 0 aromatic heterocycles. The average Bonchev–Trinajstić information content (AvgIpc) is 2.12. The summed E-state index contributed by atoms with van der Waals surface area (Å²) < 4.78 is 10.1. The highest BCUT2D eigenvalue weighted by Crippen LogP contribution is 2.09. The van der Waals surface area contributed by atoms with Crippen LogP contribution >= 0.6 is 0 Å². The van der Waals surface area contributed by atoms with Gasteiger partial charge in [0.2, 0.25) is 0 Å². The van der Waals surface area contributed by atoms with Crippen molar-refractivity contribution in [3.8, 4) is 0 Å². The monoisotopic (exact) mass is 204 g/mol. The van der Waals surface area contributed by atoms with Gasteiger partial charge in [0, 0.05) is 26.1 Å². The van der Waals surface area contributed by atoms with Gasteiger partial charge in [0.25, 0.3) is 0 Å². The van der Waals surface area contributed by atoms with E-state index in [0.717, 1.165) is 0 Å². The number of hydrogen-bond donors (Lipinski definition) is 1. The van der Waals surface area contributed by atoms with Gasteiger partial charge in [-0.2, -0.15) is 0 Å². The van der Waals surface area contributed by atoms with Crippen molar-refractivity contribution in [2.75, 3.05) is 19.8 Å². The predicted molar refractivity (Wildman–Crippen MR) is 52.9 cm³/mol. The Balaban J connectivity index is 3.71. The quantitative estimate of drug-likeness (QED) is 0.628. The molecule has 4 heteroatoms. The number of aliphatic hydroxyl groups excluding tert-OH is 1. The van der Waals surface area contributed by atoms with Crippen LogP contribution in [0, 0.1) is 5.92 Å². The Morgan fingerprint density at radius 3 is 2.57 bits per heavy atom. The van der Waals surface area contributed by atoms with Crippen LogP contribution in [-0.4, -0.2) is 37.0 Å². The molecule has 0 saturated carbocycles. The van der Waals surface area contributed by atoms with Gasteiger partial charge >= 0.3 is 5.97 Å². The lowest BCUT2D eigenvalue weighted by atomic mass is 10.0. The molecule has 2 atom stereocenters. The summed E-state index contributed by atoms with van der Waals surface area (Å²) in [5.74, 6) is -0.340. The molecule has 84 valence electrons. The van der Waals surface area contributed by atoms with Gasteiger partial charge in [-0.15, -0.1) is 0 Å². The summed E-state index contributed by atoms with van der Waals surface area (Å²) in [5, 5.41) is 9.01. The average molecular weight is 204 g/mol. The maximum absolute atomic E-state index is 10.5. The van der Waals surface area contributed by atoms with Crippen LogP contribution in [0.4, 0.5) is 0 Å². The van der Waals surface area contributed by atoms with Crippen molar-refractivity contribution >= 4 is 5.97 Å². The highest BCUT2D eigenvalue weighted by atomic mass is 16.5. The zero-order chi connectivity index (χ0) is 11.0. The van der Waals surface area contributed by atoms with Crippen LogP contribution in [0.5, 0.6) is 0 Å². The number of ether oxygens (including phenoxy) is 2. The highest BCUT2D eigenvalue weighted by molar-refractivity contribution is 5.65. The molecule has 0 heterocycles. The van der Waals surface area contributed by atoms with E-state index < -0.39 is 0 Å². The highest BCUT2D eigenvalue weighted by Gasteiger charge is 2.13. The predicted octanol–water partition coefficient (Wildman–Crippen LogP) is 0.973. The standard InChI is InChI=1S/C10H20O4/c1-4-13-8(2)5-10(6-11)7-14-9(3)12/h8,10-11H,4-7H2,1-3H3/t8?,10-/m1/s1. The number of carbonyl (C=O) groups is 1. The second-order valence-electron chi connectivity index (χ2n) is 3.35. The molecule has 0 radical (unpaired) electrons. The van der Waals surface area contributed by atoms with Crippen molar-refractivity contribution in [2.45, 2.75) is 33.3 Å². The van der Waals surface area contributed by atoms with E-state index in [1.165, 1.54) is 6.92 Å². The molecule has 0 fully saturated rings. The summed E-state index contributed by atoms with van der Waals surface area (Å²) in [6.07, 6.45) is 0.796. The molecule has 0 saturated heterocycles. The number of carbonyl (C=O) groups excluding carboxylic acids is 1. The molecule has 14 heavy (non-hydrogen) atoms. The van der Waals surface area contributed by atoms with Gasteiger partial charge in [-0.25, -0.2) is 0 Å². The van der Waals surface area contributed by atoms with Crippen molar-refractivity contribution in [1.29, 1.82) is 0 Å². The van der Waals surface area contributed by atoms with Crippen LogP contribution in [0.1, 0.15) is 27.2 Å². The molecule has 0 aromatic carbocycles. The summed E-state index contributed by atoms with van der Waals surface area (Å²) in [7, 11) is 0. The van der Waals surface area contributed by atoms with Gasteiger partial charge < -0.3 is 14.6 Å². The lowest BCUT2D eigenvalue weighted by Crippen LogP contribution is -2.22. The van der Waals surface area contributed by atoms with E-state index in [0.29, 0.717) is 13.0 Å². The van der Waals surface area contributed by atoms with Gasteiger partial charge in [-0.3, -0.25) is 4.79 Å². The van der Waals surface area contributed by atoms with Crippen LogP contribution < -0.4 is 0 Å². The number of hydrogen-bond acceptors (Lipinski definition) is 4. The van der Waals surface area contributed by atoms with E-state index in [-0.39, 0.29) is 31.2 Å². The van der Waals surface area contributed by atoms with E-state index in [1.807, 2.05) is 13.8 Å². The van der Waals surface area contributed by atoms with Crippen LogP contribution in [0.2, 0.25) is 0 Å². The van der Waals surface area contributed by atoms with Crippen molar-refractivity contribution in [3.05, 3.63) is 0 Å². The fraction of sp³-hybridized carbons (Fsp3) is 0.900. The summed E-state index contributed by atoms with van der Waals surface area (Å²) in [5.41, 5.74) is 0. The molecular formula is C10H20O4. The second-order valence-corrected chi connectivity index (χ2v) is 3.35. The van der Waals surface area contributed by atoms with E-state index in [1.54, 1.807) is 0 Å². The van der Waals surface area contributed by atoms with Crippen LogP contribution in [0.3, 0.4) is 0 Å². The van der Waals surface area contributed by atoms with E-state index in [9.17, 15) is 4.79 Å². The third-order valence-electron chi connectivity index (χ3n) is 1.90. The lowest BCUT2D eigenvalue weighted by Gasteiger charge is -2.18. The Kier molecular flexibility index (Phi) is 7.42. The lowest BCUT2D eigenvalue weighted by molar-refractivity contribution is -0.143. The van der Waals surface area contributed by atoms with Crippen molar-refractivity contribution < 1.29 is 19.4 Å². The molecule has 0 spiro atoms. The molecule has 0 amide bonds. The Labute approximate surface area is 85.2 Å². The number of aliphatic hydroxyl groups is 1. The van der Waals surface area contributed by atoms with E-state index in [2.05, 4.69) is 0 Å². The molecular weight excluding hydrogens is 184 g/mol. The third kappa shape index (κ3) is 6.86. The van der Waals surface area contributed by atoms with Crippen LogP contribution in [0.15, 0.2) is 0 Å².